The van der Waals surface area contributed by atoms with Crippen LogP contribution < -0.4 is 10.1 Å². The average molecular weight is 304 g/mol. The molecular weight excluding hydrogens is 282 g/mol. The molecule has 0 spiro atoms. The van der Waals surface area contributed by atoms with E-state index < -0.39 is 0 Å². The summed E-state index contributed by atoms with van der Waals surface area (Å²) in [4.78, 5) is 14.2. The number of methoxy groups -OCH3 is 1. The quantitative estimate of drug-likeness (QED) is 0.698. The molecule has 0 aromatic carbocycles. The van der Waals surface area contributed by atoms with Crippen LogP contribution in [0.2, 0.25) is 5.28 Å². The van der Waals surface area contributed by atoms with E-state index in [2.05, 4.69) is 25.2 Å². The fourth-order valence-corrected chi connectivity index (χ4v) is 1.54. The Morgan fingerprint density at radius 3 is 2.70 bits per heavy atom. The summed E-state index contributed by atoms with van der Waals surface area (Å²) < 4.78 is 10.4. The zero-order valence-corrected chi connectivity index (χ0v) is 13.0. The van der Waals surface area contributed by atoms with Crippen LogP contribution >= 0.6 is 11.6 Å². The molecule has 0 radical (unpaired) electrons. The average Bonchev–Trinajstić information content (AvgIpc) is 2.42. The van der Waals surface area contributed by atoms with E-state index in [0.717, 1.165) is 19.5 Å². The molecule has 0 aliphatic rings. The molecule has 0 amide bonds. The van der Waals surface area contributed by atoms with Crippen molar-refractivity contribution in [1.82, 2.24) is 19.9 Å². The van der Waals surface area contributed by atoms with E-state index in [9.17, 15) is 0 Å². The van der Waals surface area contributed by atoms with E-state index in [1.807, 2.05) is 14.0 Å². The molecule has 114 valence electrons. The van der Waals surface area contributed by atoms with Crippen molar-refractivity contribution in [2.24, 2.45) is 0 Å². The van der Waals surface area contributed by atoms with Crippen LogP contribution in [0.25, 0.3) is 0 Å². The summed E-state index contributed by atoms with van der Waals surface area (Å²) in [6.45, 7) is 5.70. The van der Waals surface area contributed by atoms with Gasteiger partial charge in [0.05, 0.1) is 13.2 Å². The lowest BCUT2D eigenvalue weighted by Crippen LogP contribution is -2.28. The highest BCUT2D eigenvalue weighted by atomic mass is 35.5. The summed E-state index contributed by atoms with van der Waals surface area (Å²) >= 11 is 5.83. The number of nitrogens with one attached hydrogen (secondary N) is 1. The van der Waals surface area contributed by atoms with E-state index in [4.69, 9.17) is 21.1 Å². The molecule has 0 aliphatic carbocycles. The summed E-state index contributed by atoms with van der Waals surface area (Å²) in [6.07, 6.45) is 0.885. The molecule has 8 heteroatoms. The second kappa shape index (κ2) is 9.68. The number of halogens is 1. The van der Waals surface area contributed by atoms with Crippen molar-refractivity contribution in [3.05, 3.63) is 5.28 Å². The van der Waals surface area contributed by atoms with Gasteiger partial charge in [-0.25, -0.2) is 0 Å². The number of hydrogen-bond acceptors (Lipinski definition) is 7. The lowest BCUT2D eigenvalue weighted by Gasteiger charge is -2.16. The molecule has 1 aromatic heterocycles. The van der Waals surface area contributed by atoms with E-state index in [0.29, 0.717) is 25.7 Å². The summed E-state index contributed by atoms with van der Waals surface area (Å²) in [6, 6.07) is 0.252. The van der Waals surface area contributed by atoms with Gasteiger partial charge in [-0.05, 0) is 25.1 Å². The van der Waals surface area contributed by atoms with Gasteiger partial charge >= 0.3 is 6.01 Å². The first kappa shape index (κ1) is 16.9. The van der Waals surface area contributed by atoms with E-state index in [1.165, 1.54) is 0 Å². The lowest BCUT2D eigenvalue weighted by atomic mass is 10.5. The molecule has 0 saturated heterocycles. The zero-order chi connectivity index (χ0) is 14.8. The Kier molecular flexibility index (Phi) is 8.17. The Morgan fingerprint density at radius 1 is 1.20 bits per heavy atom. The summed E-state index contributed by atoms with van der Waals surface area (Å²) in [5.74, 6) is 0.427. The normalized spacial score (nSPS) is 10.8. The minimum absolute atomic E-state index is 0.126. The molecule has 0 unspecified atom stereocenters. The molecule has 0 aliphatic heterocycles. The number of rotatable bonds is 10. The van der Waals surface area contributed by atoms with E-state index in [-0.39, 0.29) is 11.3 Å². The van der Waals surface area contributed by atoms with E-state index >= 15 is 0 Å². The van der Waals surface area contributed by atoms with Crippen LogP contribution in [-0.4, -0.2) is 66.9 Å². The number of likely N-dealkylation sites (N-methyl/N-ethyl adjacent to an activating group) is 1. The Labute approximate surface area is 124 Å². The van der Waals surface area contributed by atoms with Gasteiger partial charge in [-0.2, -0.15) is 15.0 Å². The van der Waals surface area contributed by atoms with Crippen LogP contribution in [0, 0.1) is 0 Å². The maximum atomic E-state index is 5.83. The van der Waals surface area contributed by atoms with Crippen LogP contribution in [0.4, 0.5) is 5.95 Å². The van der Waals surface area contributed by atoms with Crippen LogP contribution in [0.1, 0.15) is 13.3 Å². The molecule has 1 heterocycles. The second-order valence-corrected chi connectivity index (χ2v) is 4.62. The molecule has 0 saturated carbocycles. The van der Waals surface area contributed by atoms with Crippen molar-refractivity contribution in [2.45, 2.75) is 13.3 Å². The van der Waals surface area contributed by atoms with Gasteiger partial charge in [0.2, 0.25) is 11.2 Å². The van der Waals surface area contributed by atoms with Gasteiger partial charge in [0.1, 0.15) is 0 Å². The molecule has 1 rings (SSSR count). The van der Waals surface area contributed by atoms with Crippen molar-refractivity contribution < 1.29 is 9.47 Å². The predicted molar refractivity (Wildman–Crippen MR) is 78.5 cm³/mol. The van der Waals surface area contributed by atoms with Crippen molar-refractivity contribution in [2.75, 3.05) is 52.3 Å². The van der Waals surface area contributed by atoms with Gasteiger partial charge in [0.25, 0.3) is 0 Å². The van der Waals surface area contributed by atoms with Crippen LogP contribution in [-0.2, 0) is 4.74 Å². The molecule has 0 fully saturated rings. The first-order valence-corrected chi connectivity index (χ1v) is 6.99. The van der Waals surface area contributed by atoms with Gasteiger partial charge in [0, 0.05) is 26.7 Å². The SMILES string of the molecule is CCCOc1nc(Cl)nc(NCCN(C)CCOC)n1. The minimum atomic E-state index is 0.126. The fraction of sp³-hybridized carbons (Fsp3) is 0.750. The first-order chi connectivity index (χ1) is 9.65. The monoisotopic (exact) mass is 303 g/mol. The highest BCUT2D eigenvalue weighted by molar-refractivity contribution is 6.28. The topological polar surface area (TPSA) is 72.4 Å². The Balaban J connectivity index is 2.40. The highest BCUT2D eigenvalue weighted by Gasteiger charge is 2.06. The molecule has 1 N–H and O–H groups in total. The molecule has 0 bridgehead atoms. The van der Waals surface area contributed by atoms with Crippen molar-refractivity contribution in [3.63, 3.8) is 0 Å². The molecular formula is C12H22ClN5O2. The van der Waals surface area contributed by atoms with Crippen molar-refractivity contribution in [1.29, 1.82) is 0 Å². The largest absolute Gasteiger partial charge is 0.463 e. The van der Waals surface area contributed by atoms with Gasteiger partial charge in [0.15, 0.2) is 0 Å². The molecule has 0 atom stereocenters. The molecule has 1 aromatic rings. The Morgan fingerprint density at radius 2 is 2.00 bits per heavy atom. The predicted octanol–water partition coefficient (Wildman–Crippen LogP) is 1.30. The molecule has 20 heavy (non-hydrogen) atoms. The number of hydrogen-bond donors (Lipinski definition) is 1. The zero-order valence-electron chi connectivity index (χ0n) is 12.2. The Bertz CT molecular complexity index is 394. The maximum absolute atomic E-state index is 5.83. The third kappa shape index (κ3) is 6.83. The molecule has 7 nitrogen and oxygen atoms in total. The van der Waals surface area contributed by atoms with Gasteiger partial charge in [-0.1, -0.05) is 6.92 Å². The smallest absolute Gasteiger partial charge is 0.322 e. The van der Waals surface area contributed by atoms with Gasteiger partial charge < -0.3 is 19.7 Å². The number of nitrogens with zero attached hydrogens (tertiary/aromatic N) is 4. The standard InChI is InChI=1S/C12H22ClN5O2/c1-4-8-20-12-16-10(13)15-11(17-12)14-5-6-18(2)7-9-19-3/h4-9H2,1-3H3,(H,14,15,16,17). The first-order valence-electron chi connectivity index (χ1n) is 6.61. The van der Waals surface area contributed by atoms with Crippen molar-refractivity contribution in [3.8, 4) is 6.01 Å². The third-order valence-corrected chi connectivity index (χ3v) is 2.65. The maximum Gasteiger partial charge on any atom is 0.322 e. The van der Waals surface area contributed by atoms with Gasteiger partial charge in [-0.3, -0.25) is 0 Å². The second-order valence-electron chi connectivity index (χ2n) is 4.28. The fourth-order valence-electron chi connectivity index (χ4n) is 1.39. The highest BCUT2D eigenvalue weighted by Crippen LogP contribution is 2.11. The summed E-state index contributed by atoms with van der Waals surface area (Å²) in [5.41, 5.74) is 0. The lowest BCUT2D eigenvalue weighted by molar-refractivity contribution is 0.163. The summed E-state index contributed by atoms with van der Waals surface area (Å²) in [5, 5.41) is 3.23. The van der Waals surface area contributed by atoms with Crippen LogP contribution in [0.3, 0.4) is 0 Å². The third-order valence-electron chi connectivity index (χ3n) is 2.48. The Hall–Kier alpha value is -1.18. The van der Waals surface area contributed by atoms with Crippen LogP contribution in [0.5, 0.6) is 6.01 Å². The summed E-state index contributed by atoms with van der Waals surface area (Å²) in [7, 11) is 3.72. The van der Waals surface area contributed by atoms with Gasteiger partial charge in [-0.15, -0.1) is 0 Å². The minimum Gasteiger partial charge on any atom is -0.463 e. The number of aromatic nitrogens is 3. The number of anilines is 1. The van der Waals surface area contributed by atoms with Crippen LogP contribution in [0.15, 0.2) is 0 Å². The number of ether oxygens (including phenoxy) is 2. The van der Waals surface area contributed by atoms with E-state index in [1.54, 1.807) is 7.11 Å². The van der Waals surface area contributed by atoms with Crippen molar-refractivity contribution >= 4 is 17.5 Å².